The first-order chi connectivity index (χ1) is 8.06. The fraction of sp³-hybridized carbons (Fsp3) is 0.500. The average molecular weight is 235 g/mol. The first kappa shape index (κ1) is 13.7. The summed E-state index contributed by atoms with van der Waals surface area (Å²) < 4.78 is 0. The molecule has 3 heteroatoms. The normalized spacial score (nSPS) is 14.4. The predicted octanol–water partition coefficient (Wildman–Crippen LogP) is 2.13. The average Bonchev–Trinajstić information content (AvgIpc) is 2.30. The minimum Gasteiger partial charge on any atom is -0.396 e. The smallest absolute Gasteiger partial charge is 0.226 e. The molecule has 0 fully saturated rings. The van der Waals surface area contributed by atoms with Gasteiger partial charge in [0.2, 0.25) is 5.91 Å². The molecule has 1 aromatic carbocycles. The van der Waals surface area contributed by atoms with Gasteiger partial charge in [0.25, 0.3) is 0 Å². The van der Waals surface area contributed by atoms with Gasteiger partial charge < -0.3 is 10.4 Å². The lowest BCUT2D eigenvalue weighted by Crippen LogP contribution is -2.37. The lowest BCUT2D eigenvalue weighted by molar-refractivity contribution is -0.128. The number of aliphatic hydroxyl groups is 1. The Hall–Kier alpha value is -1.35. The van der Waals surface area contributed by atoms with Crippen LogP contribution in [0.15, 0.2) is 30.3 Å². The molecule has 0 saturated carbocycles. The number of benzene rings is 1. The molecule has 3 nitrogen and oxygen atoms in total. The zero-order valence-corrected chi connectivity index (χ0v) is 10.7. The zero-order valence-electron chi connectivity index (χ0n) is 10.7. The second kappa shape index (κ2) is 6.40. The van der Waals surface area contributed by atoms with Gasteiger partial charge in [0.05, 0.1) is 18.6 Å². The van der Waals surface area contributed by atoms with Gasteiger partial charge in [0, 0.05) is 0 Å². The predicted molar refractivity (Wildman–Crippen MR) is 68.4 cm³/mol. The molecule has 0 bridgehead atoms. The van der Waals surface area contributed by atoms with Gasteiger partial charge in [-0.3, -0.25) is 4.79 Å². The summed E-state index contributed by atoms with van der Waals surface area (Å²) in [7, 11) is 0. The highest BCUT2D eigenvalue weighted by Crippen LogP contribution is 2.15. The number of aliphatic hydroxyl groups excluding tert-OH is 1. The quantitative estimate of drug-likeness (QED) is 0.821. The molecule has 94 valence electrons. The molecule has 0 aliphatic heterocycles. The van der Waals surface area contributed by atoms with Crippen molar-refractivity contribution in [3.63, 3.8) is 0 Å². The van der Waals surface area contributed by atoms with E-state index in [0.717, 1.165) is 5.56 Å². The summed E-state index contributed by atoms with van der Waals surface area (Å²) in [5.74, 6) is -0.275. The maximum Gasteiger partial charge on any atom is 0.226 e. The van der Waals surface area contributed by atoms with Gasteiger partial charge in [-0.15, -0.1) is 0 Å². The van der Waals surface area contributed by atoms with Gasteiger partial charge in [-0.25, -0.2) is 0 Å². The third-order valence-corrected chi connectivity index (χ3v) is 3.00. The number of hydrogen-bond donors (Lipinski definition) is 2. The van der Waals surface area contributed by atoms with Gasteiger partial charge in [-0.2, -0.15) is 0 Å². The SMILES string of the molecule is CC(NC(=O)C(CO)C(C)C)c1ccccc1. The van der Waals surface area contributed by atoms with Crippen LogP contribution >= 0.6 is 0 Å². The Balaban J connectivity index is 2.63. The molecule has 0 saturated heterocycles. The van der Waals surface area contributed by atoms with E-state index in [1.54, 1.807) is 0 Å². The summed E-state index contributed by atoms with van der Waals surface area (Å²) in [5.41, 5.74) is 1.07. The maximum atomic E-state index is 11.9. The molecule has 1 rings (SSSR count). The minimum absolute atomic E-state index is 0.0310. The number of carbonyl (C=O) groups excluding carboxylic acids is 1. The molecule has 1 aromatic rings. The van der Waals surface area contributed by atoms with Crippen molar-refractivity contribution in [1.29, 1.82) is 0 Å². The van der Waals surface area contributed by atoms with Gasteiger partial charge in [-0.1, -0.05) is 44.2 Å². The third-order valence-electron chi connectivity index (χ3n) is 3.00. The number of hydrogen-bond acceptors (Lipinski definition) is 2. The molecule has 2 unspecified atom stereocenters. The van der Waals surface area contributed by atoms with Crippen molar-refractivity contribution in [3.05, 3.63) is 35.9 Å². The van der Waals surface area contributed by atoms with Crippen molar-refractivity contribution in [2.24, 2.45) is 11.8 Å². The monoisotopic (exact) mass is 235 g/mol. The van der Waals surface area contributed by atoms with Crippen molar-refractivity contribution >= 4 is 5.91 Å². The van der Waals surface area contributed by atoms with E-state index in [1.807, 2.05) is 51.1 Å². The highest BCUT2D eigenvalue weighted by Gasteiger charge is 2.22. The van der Waals surface area contributed by atoms with Crippen LogP contribution in [-0.4, -0.2) is 17.6 Å². The van der Waals surface area contributed by atoms with Crippen molar-refractivity contribution < 1.29 is 9.90 Å². The molecule has 0 aliphatic carbocycles. The van der Waals surface area contributed by atoms with Crippen molar-refractivity contribution in [3.8, 4) is 0 Å². The van der Waals surface area contributed by atoms with E-state index in [2.05, 4.69) is 5.32 Å². The lowest BCUT2D eigenvalue weighted by Gasteiger charge is -2.21. The van der Waals surface area contributed by atoms with Gasteiger partial charge in [0.15, 0.2) is 0 Å². The Morgan fingerprint density at radius 1 is 1.24 bits per heavy atom. The van der Waals surface area contributed by atoms with Crippen LogP contribution in [0.1, 0.15) is 32.4 Å². The topological polar surface area (TPSA) is 49.3 Å². The summed E-state index contributed by atoms with van der Waals surface area (Å²) in [6.07, 6.45) is 0. The largest absolute Gasteiger partial charge is 0.396 e. The van der Waals surface area contributed by atoms with E-state index in [9.17, 15) is 9.90 Å². The summed E-state index contributed by atoms with van der Waals surface area (Å²) >= 11 is 0. The molecule has 0 radical (unpaired) electrons. The minimum atomic E-state index is -0.332. The van der Waals surface area contributed by atoms with Gasteiger partial charge >= 0.3 is 0 Å². The van der Waals surface area contributed by atoms with Crippen molar-refractivity contribution in [1.82, 2.24) is 5.32 Å². The van der Waals surface area contributed by atoms with Crippen LogP contribution in [0, 0.1) is 11.8 Å². The molecule has 2 N–H and O–H groups in total. The summed E-state index contributed by atoms with van der Waals surface area (Å²) in [6.45, 7) is 5.72. The van der Waals surface area contributed by atoms with Crippen molar-refractivity contribution in [2.75, 3.05) is 6.61 Å². The number of carbonyl (C=O) groups is 1. The molecular formula is C14H21NO2. The molecule has 0 aliphatic rings. The van der Waals surface area contributed by atoms with Crippen LogP contribution in [-0.2, 0) is 4.79 Å². The van der Waals surface area contributed by atoms with E-state index >= 15 is 0 Å². The molecular weight excluding hydrogens is 214 g/mol. The van der Waals surface area contributed by atoms with Gasteiger partial charge in [-0.05, 0) is 18.4 Å². The standard InChI is InChI=1S/C14H21NO2/c1-10(2)13(9-16)14(17)15-11(3)12-7-5-4-6-8-12/h4-8,10-11,13,16H,9H2,1-3H3,(H,15,17). The van der Waals surface area contributed by atoms with Crippen LogP contribution in [0.4, 0.5) is 0 Å². The second-order valence-corrected chi connectivity index (χ2v) is 4.67. The molecule has 0 heterocycles. The van der Waals surface area contributed by atoms with E-state index in [-0.39, 0.29) is 30.4 Å². The zero-order chi connectivity index (χ0) is 12.8. The maximum absolute atomic E-state index is 11.9. The number of rotatable bonds is 5. The molecule has 17 heavy (non-hydrogen) atoms. The Labute approximate surface area is 103 Å². The highest BCUT2D eigenvalue weighted by molar-refractivity contribution is 5.79. The van der Waals surface area contributed by atoms with E-state index in [0.29, 0.717) is 0 Å². The van der Waals surface area contributed by atoms with E-state index in [1.165, 1.54) is 0 Å². The van der Waals surface area contributed by atoms with Crippen LogP contribution < -0.4 is 5.32 Å². The Morgan fingerprint density at radius 2 is 1.82 bits per heavy atom. The summed E-state index contributed by atoms with van der Waals surface area (Å²) in [6, 6.07) is 9.77. The fourth-order valence-electron chi connectivity index (χ4n) is 1.74. The second-order valence-electron chi connectivity index (χ2n) is 4.67. The van der Waals surface area contributed by atoms with Crippen LogP contribution in [0.2, 0.25) is 0 Å². The third kappa shape index (κ3) is 3.86. The molecule has 2 atom stereocenters. The van der Waals surface area contributed by atoms with Crippen LogP contribution in [0.25, 0.3) is 0 Å². The summed E-state index contributed by atoms with van der Waals surface area (Å²) in [4.78, 5) is 11.9. The Morgan fingerprint density at radius 3 is 2.29 bits per heavy atom. The Kier molecular flexibility index (Phi) is 5.16. The Bertz CT molecular complexity index is 348. The van der Waals surface area contributed by atoms with E-state index in [4.69, 9.17) is 0 Å². The first-order valence-electron chi connectivity index (χ1n) is 6.02. The lowest BCUT2D eigenvalue weighted by atomic mass is 9.95. The highest BCUT2D eigenvalue weighted by atomic mass is 16.3. The van der Waals surface area contributed by atoms with Crippen LogP contribution in [0.3, 0.4) is 0 Å². The number of amides is 1. The fourth-order valence-corrected chi connectivity index (χ4v) is 1.74. The van der Waals surface area contributed by atoms with Crippen LogP contribution in [0.5, 0.6) is 0 Å². The number of nitrogens with one attached hydrogen (secondary N) is 1. The van der Waals surface area contributed by atoms with E-state index < -0.39 is 0 Å². The molecule has 0 spiro atoms. The first-order valence-corrected chi connectivity index (χ1v) is 6.02. The molecule has 0 aromatic heterocycles. The summed E-state index contributed by atoms with van der Waals surface area (Å²) in [5, 5.41) is 12.1. The van der Waals surface area contributed by atoms with Crippen molar-refractivity contribution in [2.45, 2.75) is 26.8 Å². The van der Waals surface area contributed by atoms with Gasteiger partial charge in [0.1, 0.15) is 0 Å². The molecule has 1 amide bonds.